The number of benzene rings is 2. The molecule has 178 valence electrons. The highest BCUT2D eigenvalue weighted by molar-refractivity contribution is 7.89. The molecule has 1 saturated heterocycles. The van der Waals surface area contributed by atoms with E-state index < -0.39 is 46.0 Å². The summed E-state index contributed by atoms with van der Waals surface area (Å²) in [6.07, 6.45) is -5.01. The highest BCUT2D eigenvalue weighted by Gasteiger charge is 2.42. The van der Waals surface area contributed by atoms with Crippen LogP contribution in [0.3, 0.4) is 0 Å². The molecule has 2 N–H and O–H groups in total. The Balaban J connectivity index is 1.70. The van der Waals surface area contributed by atoms with E-state index in [0.29, 0.717) is 0 Å². The molecule has 2 aromatic rings. The van der Waals surface area contributed by atoms with Crippen LogP contribution in [0.25, 0.3) is 0 Å². The quantitative estimate of drug-likeness (QED) is 0.647. The molecule has 1 aliphatic heterocycles. The molecule has 1 heterocycles. The molecule has 2 unspecified atom stereocenters. The zero-order valence-corrected chi connectivity index (χ0v) is 18.2. The van der Waals surface area contributed by atoms with Crippen molar-refractivity contribution in [3.05, 3.63) is 54.1 Å². The van der Waals surface area contributed by atoms with E-state index in [4.69, 9.17) is 0 Å². The second-order valence-electron chi connectivity index (χ2n) is 7.57. The van der Waals surface area contributed by atoms with Crippen molar-refractivity contribution in [1.29, 1.82) is 0 Å². The third kappa shape index (κ3) is 6.02. The van der Waals surface area contributed by atoms with Crippen molar-refractivity contribution in [2.75, 3.05) is 11.9 Å². The Morgan fingerprint density at radius 1 is 1.09 bits per heavy atom. The van der Waals surface area contributed by atoms with E-state index in [-0.39, 0.29) is 30.0 Å². The van der Waals surface area contributed by atoms with Crippen molar-refractivity contribution in [1.82, 2.24) is 4.31 Å². The first kappa shape index (κ1) is 24.5. The molecule has 1 amide bonds. The van der Waals surface area contributed by atoms with Crippen LogP contribution in [-0.4, -0.2) is 48.7 Å². The van der Waals surface area contributed by atoms with E-state index in [9.17, 15) is 36.3 Å². The molecule has 0 radical (unpaired) electrons. The zero-order chi connectivity index (χ0) is 24.4. The number of sulfonamides is 1. The Kier molecular flexibility index (Phi) is 6.98. The number of hydrogen-bond donors (Lipinski definition) is 2. The van der Waals surface area contributed by atoms with Gasteiger partial charge < -0.3 is 15.2 Å². The summed E-state index contributed by atoms with van der Waals surface area (Å²) in [6.45, 7) is 1.61. The monoisotopic (exact) mass is 486 g/mol. The van der Waals surface area contributed by atoms with Gasteiger partial charge in [-0.15, -0.1) is 13.2 Å². The molecule has 0 spiro atoms. The number of aryl methyl sites for hydroxylation is 1. The fourth-order valence-corrected chi connectivity index (χ4v) is 5.13. The molecular weight excluding hydrogens is 465 g/mol. The topological polar surface area (TPSA) is 113 Å². The van der Waals surface area contributed by atoms with Crippen LogP contribution in [0, 0.1) is 12.8 Å². The minimum absolute atomic E-state index is 0.0385. The number of piperidine rings is 1. The molecule has 0 aliphatic carbocycles. The summed E-state index contributed by atoms with van der Waals surface area (Å²) < 4.78 is 67.4. The van der Waals surface area contributed by atoms with Crippen molar-refractivity contribution in [3.8, 4) is 5.75 Å². The maximum Gasteiger partial charge on any atom is 0.573 e. The minimum Gasteiger partial charge on any atom is -0.480 e. The number of carboxylic acid groups (broad SMARTS) is 1. The van der Waals surface area contributed by atoms with Crippen LogP contribution in [0.4, 0.5) is 18.9 Å². The molecule has 12 heteroatoms. The van der Waals surface area contributed by atoms with Crippen molar-refractivity contribution >= 4 is 27.6 Å². The normalized spacial score (nSPS) is 19.6. The number of anilines is 1. The van der Waals surface area contributed by atoms with Crippen molar-refractivity contribution in [2.45, 2.75) is 37.1 Å². The second-order valence-corrected chi connectivity index (χ2v) is 9.46. The number of nitrogens with zero attached hydrogens (tertiary/aromatic N) is 1. The molecule has 1 fully saturated rings. The number of ether oxygens (including phenoxy) is 1. The maximum absolute atomic E-state index is 13.0. The van der Waals surface area contributed by atoms with E-state index in [1.54, 1.807) is 19.1 Å². The van der Waals surface area contributed by atoms with E-state index in [1.165, 1.54) is 24.3 Å². The van der Waals surface area contributed by atoms with Crippen LogP contribution in [0.5, 0.6) is 5.75 Å². The fourth-order valence-electron chi connectivity index (χ4n) is 3.52. The lowest BCUT2D eigenvalue weighted by Gasteiger charge is -2.35. The highest BCUT2D eigenvalue weighted by Crippen LogP contribution is 2.30. The predicted molar refractivity (Wildman–Crippen MR) is 111 cm³/mol. The number of amides is 1. The number of hydrogen-bond acceptors (Lipinski definition) is 5. The molecule has 33 heavy (non-hydrogen) atoms. The molecule has 1 aliphatic rings. The van der Waals surface area contributed by atoms with Gasteiger partial charge in [-0.3, -0.25) is 9.59 Å². The number of carbonyl (C=O) groups excluding carboxylic acids is 1. The lowest BCUT2D eigenvalue weighted by Crippen LogP contribution is -2.51. The molecule has 0 saturated carbocycles. The fraction of sp³-hybridized carbons (Fsp3) is 0.333. The molecule has 0 aromatic heterocycles. The third-order valence-corrected chi connectivity index (χ3v) is 7.11. The third-order valence-electron chi connectivity index (χ3n) is 5.19. The molecule has 8 nitrogen and oxygen atoms in total. The van der Waals surface area contributed by atoms with Gasteiger partial charge in [-0.1, -0.05) is 17.7 Å². The van der Waals surface area contributed by atoms with Gasteiger partial charge in [0.25, 0.3) is 0 Å². The number of rotatable bonds is 6. The summed E-state index contributed by atoms with van der Waals surface area (Å²) in [7, 11) is -4.09. The standard InChI is InChI=1S/C21H21F3N2O6S/c1-13-2-8-17(9-3-13)33(30,31)26-11-10-14(12-18(26)20(28)29)19(27)25-15-4-6-16(7-5-15)32-21(22,23)24/h2-9,14,18H,10-12H2,1H3,(H,25,27)(H,28,29). The molecule has 2 atom stereocenters. The van der Waals surface area contributed by atoms with Crippen LogP contribution in [0.15, 0.2) is 53.4 Å². The van der Waals surface area contributed by atoms with E-state index in [0.717, 1.165) is 22.0 Å². The number of halogens is 3. The molecule has 3 rings (SSSR count). The SMILES string of the molecule is Cc1ccc(S(=O)(=O)N2CCC(C(=O)Nc3ccc(OC(F)(F)F)cc3)CC2C(=O)O)cc1. The van der Waals surface area contributed by atoms with Gasteiger partial charge in [0.1, 0.15) is 11.8 Å². The van der Waals surface area contributed by atoms with Crippen molar-refractivity contribution in [2.24, 2.45) is 5.92 Å². The van der Waals surface area contributed by atoms with Crippen molar-refractivity contribution < 1.29 is 41.0 Å². The van der Waals surface area contributed by atoms with E-state index in [2.05, 4.69) is 10.1 Å². The van der Waals surface area contributed by atoms with Gasteiger partial charge >= 0.3 is 12.3 Å². The average molecular weight is 486 g/mol. The molecular formula is C21H21F3N2O6S. The largest absolute Gasteiger partial charge is 0.573 e. The Labute approximate surface area is 188 Å². The van der Waals surface area contributed by atoms with Crippen LogP contribution in [0.1, 0.15) is 18.4 Å². The van der Waals surface area contributed by atoms with Gasteiger partial charge in [-0.25, -0.2) is 8.42 Å². The zero-order valence-electron chi connectivity index (χ0n) is 17.4. The maximum atomic E-state index is 13.0. The van der Waals surface area contributed by atoms with Crippen LogP contribution >= 0.6 is 0 Å². The van der Waals surface area contributed by atoms with Gasteiger partial charge in [0, 0.05) is 18.2 Å². The highest BCUT2D eigenvalue weighted by atomic mass is 32.2. The smallest absolute Gasteiger partial charge is 0.480 e. The lowest BCUT2D eigenvalue weighted by atomic mass is 9.91. The molecule has 0 bridgehead atoms. The Hall–Kier alpha value is -3.12. The van der Waals surface area contributed by atoms with Crippen LogP contribution < -0.4 is 10.1 Å². The lowest BCUT2D eigenvalue weighted by molar-refractivity contribution is -0.274. The number of alkyl halides is 3. The first-order valence-electron chi connectivity index (χ1n) is 9.85. The summed E-state index contributed by atoms with van der Waals surface area (Å²) in [5.74, 6) is -3.20. The Morgan fingerprint density at radius 3 is 2.24 bits per heavy atom. The van der Waals surface area contributed by atoms with Gasteiger partial charge in [-0.2, -0.15) is 4.31 Å². The van der Waals surface area contributed by atoms with Gasteiger partial charge in [0.05, 0.1) is 4.90 Å². The van der Waals surface area contributed by atoms with Gasteiger partial charge in [0.2, 0.25) is 15.9 Å². The summed E-state index contributed by atoms with van der Waals surface area (Å²) in [5, 5.41) is 12.1. The first-order chi connectivity index (χ1) is 15.4. The molecule has 2 aromatic carbocycles. The first-order valence-corrected chi connectivity index (χ1v) is 11.3. The Morgan fingerprint density at radius 2 is 1.70 bits per heavy atom. The van der Waals surface area contributed by atoms with Gasteiger partial charge in [-0.05, 0) is 56.2 Å². The average Bonchev–Trinajstić information content (AvgIpc) is 2.74. The van der Waals surface area contributed by atoms with Crippen molar-refractivity contribution in [3.63, 3.8) is 0 Å². The Bertz CT molecular complexity index is 1120. The number of carbonyl (C=O) groups is 2. The predicted octanol–water partition coefficient (Wildman–Crippen LogP) is 3.39. The number of nitrogens with one attached hydrogen (secondary N) is 1. The summed E-state index contributed by atoms with van der Waals surface area (Å²) >= 11 is 0. The van der Waals surface area contributed by atoms with E-state index in [1.807, 2.05) is 0 Å². The van der Waals surface area contributed by atoms with Gasteiger partial charge in [0.15, 0.2) is 0 Å². The summed E-state index contributed by atoms with van der Waals surface area (Å²) in [4.78, 5) is 24.4. The summed E-state index contributed by atoms with van der Waals surface area (Å²) in [5.41, 5.74) is 1.04. The number of aliphatic carboxylic acids is 1. The number of carboxylic acids is 1. The van der Waals surface area contributed by atoms with Crippen LogP contribution in [0.2, 0.25) is 0 Å². The van der Waals surface area contributed by atoms with Crippen LogP contribution in [-0.2, 0) is 19.6 Å². The summed E-state index contributed by atoms with van der Waals surface area (Å²) in [6, 6.07) is 9.04. The minimum atomic E-state index is -4.84. The van der Waals surface area contributed by atoms with E-state index >= 15 is 0 Å². The second kappa shape index (κ2) is 9.40.